The van der Waals surface area contributed by atoms with Gasteiger partial charge in [-0.25, -0.2) is 0 Å². The van der Waals surface area contributed by atoms with E-state index in [1.807, 2.05) is 6.92 Å². The smallest absolute Gasteiger partial charge is 0.0671 e. The van der Waals surface area contributed by atoms with Crippen LogP contribution in [0.2, 0.25) is 0 Å². The molecule has 0 bridgehead atoms. The quantitative estimate of drug-likeness (QED) is 0.892. The van der Waals surface area contributed by atoms with Crippen molar-refractivity contribution in [2.24, 2.45) is 11.1 Å². The molecule has 0 saturated carbocycles. The van der Waals surface area contributed by atoms with Gasteiger partial charge in [0.25, 0.3) is 0 Å². The van der Waals surface area contributed by atoms with Crippen molar-refractivity contribution < 1.29 is 4.74 Å². The third kappa shape index (κ3) is 2.62. The summed E-state index contributed by atoms with van der Waals surface area (Å²) < 4.78 is 7.89. The second kappa shape index (κ2) is 5.06. The molecular formula is C15H26N2O. The van der Waals surface area contributed by atoms with Crippen LogP contribution >= 0.6 is 0 Å². The van der Waals surface area contributed by atoms with Gasteiger partial charge in [-0.3, -0.25) is 0 Å². The molecule has 0 spiro atoms. The van der Waals surface area contributed by atoms with Crippen LogP contribution < -0.4 is 5.73 Å². The maximum atomic E-state index is 6.29. The maximum absolute atomic E-state index is 6.29. The molecule has 0 amide bonds. The van der Waals surface area contributed by atoms with Crippen LogP contribution in [0.15, 0.2) is 12.3 Å². The number of aromatic nitrogens is 1. The summed E-state index contributed by atoms with van der Waals surface area (Å²) in [5.74, 6) is 0. The average Bonchev–Trinajstić information content (AvgIpc) is 2.68. The lowest BCUT2D eigenvalue weighted by Crippen LogP contribution is -2.31. The Hall–Kier alpha value is -0.800. The number of hydrogen-bond donors (Lipinski definition) is 1. The average molecular weight is 250 g/mol. The zero-order chi connectivity index (χ0) is 13.3. The zero-order valence-electron chi connectivity index (χ0n) is 12.1. The van der Waals surface area contributed by atoms with E-state index in [4.69, 9.17) is 10.5 Å². The van der Waals surface area contributed by atoms with E-state index < -0.39 is 0 Å². The summed E-state index contributed by atoms with van der Waals surface area (Å²) in [6, 6.07) is 2.76. The molecule has 3 nitrogen and oxygen atoms in total. The minimum atomic E-state index is 0.185. The summed E-state index contributed by atoms with van der Waals surface area (Å²) in [7, 11) is 0. The molecule has 0 fully saturated rings. The van der Waals surface area contributed by atoms with Crippen LogP contribution in [0.3, 0.4) is 0 Å². The first-order chi connectivity index (χ1) is 8.44. The fourth-order valence-corrected chi connectivity index (χ4v) is 3.04. The SMILES string of the molecule is CCOCC(C)n1ccc2c1CC(C)(C)CC2N. The van der Waals surface area contributed by atoms with Crippen molar-refractivity contribution in [1.82, 2.24) is 4.57 Å². The predicted molar refractivity (Wildman–Crippen MR) is 74.7 cm³/mol. The van der Waals surface area contributed by atoms with E-state index in [1.165, 1.54) is 11.3 Å². The van der Waals surface area contributed by atoms with Gasteiger partial charge >= 0.3 is 0 Å². The van der Waals surface area contributed by atoms with E-state index in [0.717, 1.165) is 26.1 Å². The van der Waals surface area contributed by atoms with E-state index in [-0.39, 0.29) is 6.04 Å². The molecule has 102 valence electrons. The standard InChI is InChI=1S/C15H26N2O/c1-5-18-10-11(2)17-7-6-12-13(16)8-15(3,4)9-14(12)17/h6-7,11,13H,5,8-10,16H2,1-4H3. The molecule has 18 heavy (non-hydrogen) atoms. The van der Waals surface area contributed by atoms with Gasteiger partial charge in [-0.2, -0.15) is 0 Å². The van der Waals surface area contributed by atoms with Crippen molar-refractivity contribution >= 4 is 0 Å². The van der Waals surface area contributed by atoms with Crippen LogP contribution in [0.25, 0.3) is 0 Å². The van der Waals surface area contributed by atoms with Gasteiger partial charge in [0.05, 0.1) is 12.6 Å². The highest BCUT2D eigenvalue weighted by Crippen LogP contribution is 2.40. The number of nitrogens with two attached hydrogens (primary N) is 1. The van der Waals surface area contributed by atoms with Gasteiger partial charge in [0.2, 0.25) is 0 Å². The summed E-state index contributed by atoms with van der Waals surface area (Å²) >= 11 is 0. The Morgan fingerprint density at radius 3 is 2.94 bits per heavy atom. The van der Waals surface area contributed by atoms with Crippen molar-refractivity contribution in [2.45, 2.75) is 52.6 Å². The first-order valence-corrected chi connectivity index (χ1v) is 6.97. The lowest BCUT2D eigenvalue weighted by Gasteiger charge is -2.35. The van der Waals surface area contributed by atoms with Gasteiger partial charge in [-0.1, -0.05) is 13.8 Å². The Kier molecular flexibility index (Phi) is 3.83. The zero-order valence-corrected chi connectivity index (χ0v) is 12.1. The van der Waals surface area contributed by atoms with Crippen molar-refractivity contribution in [1.29, 1.82) is 0 Å². The fourth-order valence-electron chi connectivity index (χ4n) is 3.04. The van der Waals surface area contributed by atoms with Crippen LogP contribution in [0.1, 0.15) is 57.5 Å². The largest absolute Gasteiger partial charge is 0.380 e. The summed E-state index contributed by atoms with van der Waals surface area (Å²) in [6.45, 7) is 10.4. The monoisotopic (exact) mass is 250 g/mol. The third-order valence-electron chi connectivity index (χ3n) is 3.92. The molecule has 1 aliphatic carbocycles. The first-order valence-electron chi connectivity index (χ1n) is 6.97. The molecule has 2 N–H and O–H groups in total. The Morgan fingerprint density at radius 1 is 1.56 bits per heavy atom. The van der Waals surface area contributed by atoms with E-state index >= 15 is 0 Å². The van der Waals surface area contributed by atoms with Crippen molar-refractivity contribution in [3.8, 4) is 0 Å². The van der Waals surface area contributed by atoms with Crippen LogP contribution in [0.5, 0.6) is 0 Å². The molecule has 1 aromatic heterocycles. The molecule has 0 saturated heterocycles. The highest BCUT2D eigenvalue weighted by molar-refractivity contribution is 5.30. The van der Waals surface area contributed by atoms with Crippen LogP contribution in [0, 0.1) is 5.41 Å². The Balaban J connectivity index is 2.25. The topological polar surface area (TPSA) is 40.2 Å². The summed E-state index contributed by atoms with van der Waals surface area (Å²) in [5.41, 5.74) is 9.33. The molecule has 0 radical (unpaired) electrons. The minimum Gasteiger partial charge on any atom is -0.380 e. The van der Waals surface area contributed by atoms with Crippen LogP contribution in [-0.2, 0) is 11.2 Å². The van der Waals surface area contributed by atoms with Gasteiger partial charge in [0.1, 0.15) is 0 Å². The number of rotatable bonds is 4. The third-order valence-corrected chi connectivity index (χ3v) is 3.92. The molecule has 2 unspecified atom stereocenters. The normalized spacial score (nSPS) is 23.7. The Labute approximate surface area is 110 Å². The summed E-state index contributed by atoms with van der Waals surface area (Å²) in [6.07, 6.45) is 4.36. The van der Waals surface area contributed by atoms with E-state index in [9.17, 15) is 0 Å². The van der Waals surface area contributed by atoms with Crippen molar-refractivity contribution in [3.63, 3.8) is 0 Å². The molecule has 0 aliphatic heterocycles. The molecule has 1 aliphatic rings. The lowest BCUT2D eigenvalue weighted by molar-refractivity contribution is 0.117. The molecular weight excluding hydrogens is 224 g/mol. The van der Waals surface area contributed by atoms with Crippen LogP contribution in [0.4, 0.5) is 0 Å². The van der Waals surface area contributed by atoms with E-state index in [2.05, 4.69) is 37.6 Å². The molecule has 2 atom stereocenters. The van der Waals surface area contributed by atoms with Gasteiger partial charge in [-0.05, 0) is 43.7 Å². The Morgan fingerprint density at radius 2 is 2.28 bits per heavy atom. The number of fused-ring (bicyclic) bond motifs is 1. The minimum absolute atomic E-state index is 0.185. The maximum Gasteiger partial charge on any atom is 0.0671 e. The number of hydrogen-bond acceptors (Lipinski definition) is 2. The highest BCUT2D eigenvalue weighted by atomic mass is 16.5. The summed E-state index contributed by atoms with van der Waals surface area (Å²) in [4.78, 5) is 0. The van der Waals surface area contributed by atoms with Crippen molar-refractivity contribution in [2.75, 3.05) is 13.2 Å². The molecule has 1 heterocycles. The van der Waals surface area contributed by atoms with Gasteiger partial charge in [-0.15, -0.1) is 0 Å². The van der Waals surface area contributed by atoms with Gasteiger partial charge in [0.15, 0.2) is 0 Å². The molecule has 3 heteroatoms. The second-order valence-corrected chi connectivity index (χ2v) is 6.29. The number of ether oxygens (including phenoxy) is 1. The van der Waals surface area contributed by atoms with Crippen LogP contribution in [-0.4, -0.2) is 17.8 Å². The summed E-state index contributed by atoms with van der Waals surface area (Å²) in [5, 5.41) is 0. The Bertz CT molecular complexity index is 409. The fraction of sp³-hybridized carbons (Fsp3) is 0.733. The molecule has 2 rings (SSSR count). The molecule has 1 aromatic rings. The van der Waals surface area contributed by atoms with E-state index in [1.54, 1.807) is 0 Å². The lowest BCUT2D eigenvalue weighted by atomic mass is 9.74. The van der Waals surface area contributed by atoms with Crippen molar-refractivity contribution in [3.05, 3.63) is 23.5 Å². The first kappa shape index (κ1) is 13.6. The highest BCUT2D eigenvalue weighted by Gasteiger charge is 2.32. The predicted octanol–water partition coefficient (Wildman–Crippen LogP) is 3.06. The number of nitrogens with zero attached hydrogens (tertiary/aromatic N) is 1. The van der Waals surface area contributed by atoms with Gasteiger partial charge in [0, 0.05) is 24.5 Å². The van der Waals surface area contributed by atoms with Gasteiger partial charge < -0.3 is 15.0 Å². The second-order valence-electron chi connectivity index (χ2n) is 6.29. The van der Waals surface area contributed by atoms with E-state index in [0.29, 0.717) is 11.5 Å². The molecule has 0 aromatic carbocycles.